The Balaban J connectivity index is 0.00000208. The average molecular weight is 371 g/mol. The first-order valence-corrected chi connectivity index (χ1v) is 9.30. The Morgan fingerprint density at radius 2 is 1.75 bits per heavy atom. The molecule has 0 aliphatic carbocycles. The number of benzene rings is 2. The van der Waals surface area contributed by atoms with Gasteiger partial charge in [0, 0.05) is 13.0 Å². The quantitative estimate of drug-likeness (QED) is 0.669. The number of nitrogens with one attached hydrogen (secondary N) is 1. The predicted molar refractivity (Wildman–Crippen MR) is 103 cm³/mol. The Labute approximate surface area is 150 Å². The highest BCUT2D eigenvalue weighted by atomic mass is 35.5. The molecule has 24 heavy (non-hydrogen) atoms. The highest BCUT2D eigenvalue weighted by Gasteiger charge is 2.40. The number of hydrogen-bond donors (Lipinski definition) is 3. The Bertz CT molecular complexity index is 657. The molecule has 0 aromatic heterocycles. The number of hydrogen-bond acceptors (Lipinski definition) is 5. The van der Waals surface area contributed by atoms with E-state index in [4.69, 9.17) is 4.74 Å². The lowest BCUT2D eigenvalue weighted by molar-refractivity contribution is 0.238. The van der Waals surface area contributed by atoms with E-state index in [-0.39, 0.29) is 12.4 Å². The Morgan fingerprint density at radius 3 is 2.46 bits per heavy atom. The maximum Gasteiger partial charge on any atom is 0.207 e. The molecule has 1 aliphatic rings. The van der Waals surface area contributed by atoms with Crippen molar-refractivity contribution in [3.05, 3.63) is 54.6 Å². The van der Waals surface area contributed by atoms with Gasteiger partial charge in [0.05, 0.1) is 5.69 Å². The minimum atomic E-state index is -3.14. The van der Waals surface area contributed by atoms with Gasteiger partial charge in [-0.25, -0.2) is 4.31 Å². The fourth-order valence-electron chi connectivity index (χ4n) is 2.66. The lowest BCUT2D eigenvalue weighted by atomic mass is 10.2. The van der Waals surface area contributed by atoms with Gasteiger partial charge in [0.25, 0.3) is 0 Å². The SMILES string of the molecule is CCNCCC1Oc2ccccc2N(c2ccccc2)S1(O)O.Cl. The molecule has 1 aliphatic heterocycles. The van der Waals surface area contributed by atoms with E-state index in [0.29, 0.717) is 24.4 Å². The van der Waals surface area contributed by atoms with Crippen LogP contribution < -0.4 is 14.4 Å². The molecule has 1 unspecified atom stereocenters. The van der Waals surface area contributed by atoms with Crippen LogP contribution >= 0.6 is 23.2 Å². The zero-order valence-electron chi connectivity index (χ0n) is 13.5. The molecular weight excluding hydrogens is 348 g/mol. The average Bonchev–Trinajstić information content (AvgIpc) is 2.56. The number of fused-ring (bicyclic) bond motifs is 1. The molecule has 5 nitrogen and oxygen atoms in total. The van der Waals surface area contributed by atoms with Crippen LogP contribution in [0.15, 0.2) is 54.6 Å². The van der Waals surface area contributed by atoms with Gasteiger partial charge in [0.15, 0.2) is 0 Å². The molecule has 0 fully saturated rings. The third kappa shape index (κ3) is 3.63. The number of rotatable bonds is 5. The summed E-state index contributed by atoms with van der Waals surface area (Å²) in [6.07, 6.45) is 0.522. The number of nitrogens with zero attached hydrogens (tertiary/aromatic N) is 1. The molecule has 0 radical (unpaired) electrons. The predicted octanol–water partition coefficient (Wildman–Crippen LogP) is 4.63. The molecule has 3 N–H and O–H groups in total. The maximum absolute atomic E-state index is 10.9. The molecule has 0 bridgehead atoms. The van der Waals surface area contributed by atoms with Crippen LogP contribution in [-0.4, -0.2) is 27.6 Å². The van der Waals surface area contributed by atoms with Gasteiger partial charge in [-0.3, -0.25) is 9.11 Å². The summed E-state index contributed by atoms with van der Waals surface area (Å²) in [5.74, 6) is 0.670. The molecule has 7 heteroatoms. The molecule has 2 aromatic rings. The minimum absolute atomic E-state index is 0. The van der Waals surface area contributed by atoms with E-state index in [1.807, 2.05) is 61.5 Å². The van der Waals surface area contributed by atoms with Crippen molar-refractivity contribution in [3.8, 4) is 5.75 Å². The zero-order valence-corrected chi connectivity index (χ0v) is 15.1. The fourth-order valence-corrected chi connectivity index (χ4v) is 4.44. The summed E-state index contributed by atoms with van der Waals surface area (Å²) in [7, 11) is -3.14. The standard InChI is InChI=1S/C17H22N2O3S.ClH/c1-2-18-13-12-17-22-16-11-7-6-10-15(16)19(23(17,20)21)14-8-4-3-5-9-14;/h3-11,17-18,20-21H,2,12-13H2,1H3;1H. The molecule has 132 valence electrons. The van der Waals surface area contributed by atoms with Crippen molar-refractivity contribution in [1.29, 1.82) is 0 Å². The van der Waals surface area contributed by atoms with Gasteiger partial charge in [-0.2, -0.15) is 0 Å². The molecule has 0 saturated carbocycles. The summed E-state index contributed by atoms with van der Waals surface area (Å²) < 4.78 is 29.3. The van der Waals surface area contributed by atoms with Crippen LogP contribution in [0.1, 0.15) is 13.3 Å². The van der Waals surface area contributed by atoms with Gasteiger partial charge in [-0.15, -0.1) is 12.4 Å². The van der Waals surface area contributed by atoms with E-state index < -0.39 is 16.2 Å². The van der Waals surface area contributed by atoms with Crippen molar-refractivity contribution in [2.75, 3.05) is 17.4 Å². The summed E-state index contributed by atoms with van der Waals surface area (Å²) in [5, 5.41) is 3.20. The third-order valence-corrected chi connectivity index (χ3v) is 5.74. The fraction of sp³-hybridized carbons (Fsp3) is 0.294. The number of para-hydroxylation sites is 3. The second kappa shape index (κ2) is 8.09. The summed E-state index contributed by atoms with van der Waals surface area (Å²) in [6.45, 7) is 3.53. The molecule has 1 atom stereocenters. The van der Waals surface area contributed by atoms with Crippen LogP contribution in [0, 0.1) is 0 Å². The first-order chi connectivity index (χ1) is 11.1. The van der Waals surface area contributed by atoms with Crippen LogP contribution in [0.5, 0.6) is 5.75 Å². The van der Waals surface area contributed by atoms with Gasteiger partial charge in [0.2, 0.25) is 5.44 Å². The van der Waals surface area contributed by atoms with E-state index in [0.717, 1.165) is 12.2 Å². The normalized spacial score (nSPS) is 19.6. The molecule has 0 amide bonds. The molecule has 0 spiro atoms. The lowest BCUT2D eigenvalue weighted by Crippen LogP contribution is -2.40. The van der Waals surface area contributed by atoms with Gasteiger partial charge in [0.1, 0.15) is 11.4 Å². The van der Waals surface area contributed by atoms with Crippen molar-refractivity contribution >= 4 is 34.6 Å². The molecule has 2 aromatic carbocycles. The molecule has 1 heterocycles. The van der Waals surface area contributed by atoms with Crippen LogP contribution in [0.4, 0.5) is 11.4 Å². The molecule has 0 saturated heterocycles. The lowest BCUT2D eigenvalue weighted by Gasteiger charge is -2.51. The zero-order chi connectivity index (χ0) is 16.3. The van der Waals surface area contributed by atoms with E-state index in [1.54, 1.807) is 4.31 Å². The van der Waals surface area contributed by atoms with Crippen LogP contribution in [0.2, 0.25) is 0 Å². The summed E-state index contributed by atoms with van der Waals surface area (Å²) >= 11 is 0. The Hall–Kier alpha value is -1.44. The summed E-state index contributed by atoms with van der Waals surface area (Å²) in [4.78, 5) is 0. The minimum Gasteiger partial charge on any atom is -0.466 e. The second-order valence-corrected chi connectivity index (χ2v) is 7.36. The van der Waals surface area contributed by atoms with E-state index in [2.05, 4.69) is 5.32 Å². The highest BCUT2D eigenvalue weighted by Crippen LogP contribution is 2.61. The van der Waals surface area contributed by atoms with Gasteiger partial charge in [-0.1, -0.05) is 48.0 Å². The van der Waals surface area contributed by atoms with Crippen molar-refractivity contribution in [3.63, 3.8) is 0 Å². The van der Waals surface area contributed by atoms with Gasteiger partial charge in [-0.05, 0) is 30.8 Å². The molecule has 3 rings (SSSR count). The number of ether oxygens (including phenoxy) is 1. The largest absolute Gasteiger partial charge is 0.466 e. The van der Waals surface area contributed by atoms with E-state index >= 15 is 0 Å². The second-order valence-electron chi connectivity index (χ2n) is 5.35. The van der Waals surface area contributed by atoms with Gasteiger partial charge >= 0.3 is 0 Å². The maximum atomic E-state index is 10.9. The van der Waals surface area contributed by atoms with Crippen molar-refractivity contribution in [1.82, 2.24) is 5.32 Å². The van der Waals surface area contributed by atoms with Crippen molar-refractivity contribution in [2.45, 2.75) is 18.8 Å². The monoisotopic (exact) mass is 370 g/mol. The van der Waals surface area contributed by atoms with Gasteiger partial charge < -0.3 is 10.1 Å². The van der Waals surface area contributed by atoms with Crippen molar-refractivity contribution in [2.24, 2.45) is 0 Å². The van der Waals surface area contributed by atoms with Crippen LogP contribution in [-0.2, 0) is 0 Å². The highest BCUT2D eigenvalue weighted by molar-refractivity contribution is 8.26. The Morgan fingerprint density at radius 1 is 1.08 bits per heavy atom. The third-order valence-electron chi connectivity index (χ3n) is 3.76. The van der Waals surface area contributed by atoms with E-state index in [9.17, 15) is 9.11 Å². The topological polar surface area (TPSA) is 65.0 Å². The summed E-state index contributed by atoms with van der Waals surface area (Å²) in [5.41, 5.74) is 0.756. The smallest absolute Gasteiger partial charge is 0.207 e. The van der Waals surface area contributed by atoms with Crippen LogP contribution in [0.3, 0.4) is 0 Å². The van der Waals surface area contributed by atoms with Crippen molar-refractivity contribution < 1.29 is 13.8 Å². The van der Waals surface area contributed by atoms with Crippen LogP contribution in [0.25, 0.3) is 0 Å². The summed E-state index contributed by atoms with van der Waals surface area (Å²) in [6, 6.07) is 16.9. The first-order valence-electron chi connectivity index (χ1n) is 7.73. The first kappa shape index (κ1) is 18.9. The number of halogens is 1. The van der Waals surface area contributed by atoms with E-state index in [1.165, 1.54) is 0 Å². The molecular formula is C17H23ClN2O3S. The Kier molecular flexibility index (Phi) is 6.37. The number of anilines is 2.